The predicted molar refractivity (Wildman–Crippen MR) is 282 cm³/mol. The summed E-state index contributed by atoms with van der Waals surface area (Å²) in [4.78, 5) is 26.2. The van der Waals surface area contributed by atoms with Crippen molar-refractivity contribution in [2.24, 2.45) is 0 Å². The molecule has 65 heavy (non-hydrogen) atoms. The molecule has 0 bridgehead atoms. The van der Waals surface area contributed by atoms with Gasteiger partial charge in [0, 0.05) is 6.42 Å². The van der Waals surface area contributed by atoms with Crippen LogP contribution in [0.15, 0.2) is 60.8 Å². The molecule has 0 aliphatic heterocycles. The molecule has 0 fully saturated rings. The van der Waals surface area contributed by atoms with Gasteiger partial charge in [-0.25, -0.2) is 0 Å². The van der Waals surface area contributed by atoms with Crippen LogP contribution < -0.4 is 5.32 Å². The molecule has 0 radical (unpaired) electrons. The molecule has 0 rings (SSSR count). The SMILES string of the molecule is CCCCC/C=C/C=C/C=C/C=C/CCCCCC(CC(=O)NC(CO)C(O)CCCCCCCCCCCCCCCC)OC(=O)CCCCCCC/C=C/CCCCCCCCC. The van der Waals surface area contributed by atoms with Gasteiger partial charge >= 0.3 is 5.97 Å². The van der Waals surface area contributed by atoms with Gasteiger partial charge in [-0.2, -0.15) is 0 Å². The number of hydrogen-bond acceptors (Lipinski definition) is 5. The van der Waals surface area contributed by atoms with Gasteiger partial charge in [-0.3, -0.25) is 9.59 Å². The average molecular weight is 911 g/mol. The Kier molecular flexibility index (Phi) is 50.6. The van der Waals surface area contributed by atoms with Crippen LogP contribution in [0, 0.1) is 0 Å². The fourth-order valence-electron chi connectivity index (χ4n) is 8.38. The number of rotatable bonds is 50. The largest absolute Gasteiger partial charge is 0.462 e. The molecule has 3 atom stereocenters. The van der Waals surface area contributed by atoms with Gasteiger partial charge in [0.25, 0.3) is 0 Å². The van der Waals surface area contributed by atoms with E-state index in [1.54, 1.807) is 0 Å². The lowest BCUT2D eigenvalue weighted by Crippen LogP contribution is -2.46. The Labute approximate surface area is 403 Å². The lowest BCUT2D eigenvalue weighted by atomic mass is 10.0. The molecule has 6 nitrogen and oxygen atoms in total. The summed E-state index contributed by atoms with van der Waals surface area (Å²) in [5.41, 5.74) is 0. The van der Waals surface area contributed by atoms with Crippen LogP contribution in [0.5, 0.6) is 0 Å². The summed E-state index contributed by atoms with van der Waals surface area (Å²) in [5.74, 6) is -0.516. The molecule has 3 N–H and O–H groups in total. The molecule has 378 valence electrons. The molecule has 0 aromatic carbocycles. The maximum absolute atomic E-state index is 13.2. The van der Waals surface area contributed by atoms with Crippen molar-refractivity contribution in [1.29, 1.82) is 0 Å². The minimum absolute atomic E-state index is 0.0481. The second-order valence-corrected chi connectivity index (χ2v) is 19.1. The number of unbranched alkanes of at least 4 members (excludes halogenated alkanes) is 31. The number of hydrogen-bond donors (Lipinski definition) is 3. The van der Waals surface area contributed by atoms with Crippen LogP contribution in [0.2, 0.25) is 0 Å². The average Bonchev–Trinajstić information content (AvgIpc) is 3.30. The number of carbonyl (C=O) groups excluding carboxylic acids is 2. The van der Waals surface area contributed by atoms with Crippen molar-refractivity contribution in [2.75, 3.05) is 6.61 Å². The van der Waals surface area contributed by atoms with E-state index in [0.717, 1.165) is 77.0 Å². The zero-order valence-corrected chi connectivity index (χ0v) is 43.1. The Morgan fingerprint density at radius 2 is 0.800 bits per heavy atom. The van der Waals surface area contributed by atoms with Crippen LogP contribution in [-0.4, -0.2) is 46.9 Å². The van der Waals surface area contributed by atoms with Gasteiger partial charge in [0.1, 0.15) is 6.10 Å². The van der Waals surface area contributed by atoms with E-state index < -0.39 is 18.2 Å². The second-order valence-electron chi connectivity index (χ2n) is 19.1. The first kappa shape index (κ1) is 62.6. The number of aliphatic hydroxyl groups excluding tert-OH is 2. The maximum Gasteiger partial charge on any atom is 0.306 e. The Hall–Kier alpha value is -2.44. The number of carbonyl (C=O) groups is 2. The van der Waals surface area contributed by atoms with Crippen molar-refractivity contribution in [3.05, 3.63) is 60.8 Å². The highest BCUT2D eigenvalue weighted by atomic mass is 16.5. The molecule has 0 aromatic rings. The van der Waals surface area contributed by atoms with Gasteiger partial charge in [-0.05, 0) is 77.0 Å². The Balaban J connectivity index is 4.66. The summed E-state index contributed by atoms with van der Waals surface area (Å²) in [6.45, 7) is 6.45. The van der Waals surface area contributed by atoms with E-state index in [1.165, 1.54) is 154 Å². The third-order valence-electron chi connectivity index (χ3n) is 12.7. The summed E-state index contributed by atoms with van der Waals surface area (Å²) in [7, 11) is 0. The standard InChI is InChI=1S/C59H107NO5/c1-4-7-10-13-16-19-22-25-28-30-32-35-38-41-44-47-50-55(65-59(64)52-49-46-43-40-37-34-31-29-26-23-20-17-14-11-8-5-2)53-58(63)60-56(54-61)57(62)51-48-45-42-39-36-33-27-24-21-18-15-12-9-6-3/h16,19,22,25,28-32,35,55-57,61-62H,4-15,17-18,20-21,23-24,26-27,33-34,36-54H2,1-3H3,(H,60,63)/b19-16+,25-22+,30-28+,31-29+,35-32+. The maximum atomic E-state index is 13.2. The monoisotopic (exact) mass is 910 g/mol. The molecule has 0 saturated carbocycles. The molecule has 0 aliphatic rings. The number of amides is 1. The Morgan fingerprint density at radius 1 is 0.446 bits per heavy atom. The second kappa shape index (κ2) is 52.5. The van der Waals surface area contributed by atoms with Gasteiger partial charge < -0.3 is 20.3 Å². The number of aliphatic hydroxyl groups is 2. The van der Waals surface area contributed by atoms with Gasteiger partial charge in [0.15, 0.2) is 0 Å². The number of esters is 1. The highest BCUT2D eigenvalue weighted by Crippen LogP contribution is 2.18. The van der Waals surface area contributed by atoms with Gasteiger partial charge in [-0.15, -0.1) is 0 Å². The Bertz CT molecular complexity index is 1160. The first-order valence-corrected chi connectivity index (χ1v) is 28.1. The molecule has 1 amide bonds. The quantitative estimate of drug-likeness (QED) is 0.0245. The van der Waals surface area contributed by atoms with Crippen LogP contribution in [0.25, 0.3) is 0 Å². The lowest BCUT2D eigenvalue weighted by molar-refractivity contribution is -0.151. The van der Waals surface area contributed by atoms with E-state index in [-0.39, 0.29) is 24.9 Å². The third-order valence-corrected chi connectivity index (χ3v) is 12.7. The van der Waals surface area contributed by atoms with Crippen LogP contribution in [0.3, 0.4) is 0 Å². The lowest BCUT2D eigenvalue weighted by Gasteiger charge is -2.24. The summed E-state index contributed by atoms with van der Waals surface area (Å²) in [5, 5.41) is 23.8. The molecule has 0 spiro atoms. The van der Waals surface area contributed by atoms with Crippen LogP contribution >= 0.6 is 0 Å². The number of allylic oxidation sites excluding steroid dienone is 10. The normalized spacial score (nSPS) is 13.6. The smallest absolute Gasteiger partial charge is 0.306 e. The van der Waals surface area contributed by atoms with E-state index in [4.69, 9.17) is 4.74 Å². The Morgan fingerprint density at radius 3 is 1.28 bits per heavy atom. The third kappa shape index (κ3) is 47.8. The van der Waals surface area contributed by atoms with E-state index in [9.17, 15) is 19.8 Å². The van der Waals surface area contributed by atoms with Crippen molar-refractivity contribution in [3.8, 4) is 0 Å². The number of ether oxygens (including phenoxy) is 1. The summed E-state index contributed by atoms with van der Waals surface area (Å²) in [6.07, 6.45) is 65.6. The molecule has 0 aromatic heterocycles. The van der Waals surface area contributed by atoms with Gasteiger partial charge in [-0.1, -0.05) is 248 Å². The van der Waals surface area contributed by atoms with Crippen molar-refractivity contribution in [1.82, 2.24) is 5.32 Å². The molecular weight excluding hydrogens is 803 g/mol. The van der Waals surface area contributed by atoms with Crippen LogP contribution in [-0.2, 0) is 14.3 Å². The zero-order chi connectivity index (χ0) is 47.4. The predicted octanol–water partition coefficient (Wildman–Crippen LogP) is 17.2. The summed E-state index contributed by atoms with van der Waals surface area (Å²) < 4.78 is 5.93. The van der Waals surface area contributed by atoms with E-state index in [2.05, 4.69) is 86.8 Å². The molecule has 6 heteroatoms. The minimum Gasteiger partial charge on any atom is -0.462 e. The molecule has 0 aliphatic carbocycles. The summed E-state index contributed by atoms with van der Waals surface area (Å²) in [6, 6.07) is -0.718. The topological polar surface area (TPSA) is 95.9 Å². The highest BCUT2D eigenvalue weighted by Gasteiger charge is 2.24. The minimum atomic E-state index is -0.802. The van der Waals surface area contributed by atoms with Crippen molar-refractivity contribution in [3.63, 3.8) is 0 Å². The van der Waals surface area contributed by atoms with Gasteiger partial charge in [0.2, 0.25) is 5.91 Å². The summed E-state index contributed by atoms with van der Waals surface area (Å²) >= 11 is 0. The van der Waals surface area contributed by atoms with Crippen molar-refractivity contribution < 1.29 is 24.5 Å². The molecule has 0 heterocycles. The first-order valence-electron chi connectivity index (χ1n) is 28.1. The van der Waals surface area contributed by atoms with E-state index in [0.29, 0.717) is 19.3 Å². The highest BCUT2D eigenvalue weighted by molar-refractivity contribution is 5.77. The van der Waals surface area contributed by atoms with Crippen LogP contribution in [0.4, 0.5) is 0 Å². The molecular formula is C59H107NO5. The van der Waals surface area contributed by atoms with Crippen molar-refractivity contribution in [2.45, 2.75) is 296 Å². The zero-order valence-electron chi connectivity index (χ0n) is 43.1. The fraction of sp³-hybridized carbons (Fsp3) is 0.797. The van der Waals surface area contributed by atoms with Crippen molar-refractivity contribution >= 4 is 11.9 Å². The first-order chi connectivity index (χ1) is 32.0. The van der Waals surface area contributed by atoms with Crippen LogP contribution in [0.1, 0.15) is 278 Å². The fourth-order valence-corrected chi connectivity index (χ4v) is 8.38. The van der Waals surface area contributed by atoms with Gasteiger partial charge in [0.05, 0.1) is 25.2 Å². The number of nitrogens with one attached hydrogen (secondary N) is 1. The molecule has 3 unspecified atom stereocenters. The molecule has 0 saturated heterocycles. The van der Waals surface area contributed by atoms with E-state index >= 15 is 0 Å². The van der Waals surface area contributed by atoms with E-state index in [1.807, 2.05) is 0 Å².